The first-order valence-corrected chi connectivity index (χ1v) is 4.25. The third-order valence-corrected chi connectivity index (χ3v) is 1.50. The fourth-order valence-electron chi connectivity index (χ4n) is 0.812. The number of phenolic OH excluding ortho intramolecular Hbond substituents is 1. The summed E-state index contributed by atoms with van der Waals surface area (Å²) in [7, 11) is 0. The molecular formula is C10H9NO5. The van der Waals surface area contributed by atoms with Crippen molar-refractivity contribution in [3.8, 4) is 5.75 Å². The molecule has 0 aliphatic heterocycles. The Hall–Kier alpha value is -2.50. The first kappa shape index (κ1) is 11.6. The number of carboxylic acids is 1. The molecule has 0 heterocycles. The summed E-state index contributed by atoms with van der Waals surface area (Å²) >= 11 is 0. The van der Waals surface area contributed by atoms with Gasteiger partial charge in [0.05, 0.1) is 5.69 Å². The summed E-state index contributed by atoms with van der Waals surface area (Å²) in [6.45, 7) is 0. The summed E-state index contributed by atoms with van der Waals surface area (Å²) in [5.74, 6) is -1.99. The second-order valence-electron chi connectivity index (χ2n) is 2.74. The van der Waals surface area contributed by atoms with Crippen LogP contribution >= 0.6 is 0 Å². The predicted octanol–water partition coefficient (Wildman–Crippen LogP) is 0.903. The van der Waals surface area contributed by atoms with E-state index in [-0.39, 0.29) is 5.75 Å². The molecule has 0 aliphatic carbocycles. The number of nitrogens with one attached hydrogen (secondary N) is 1. The van der Waals surface area contributed by atoms with Crippen LogP contribution in [0, 0.1) is 0 Å². The number of hydrogen-bond donors (Lipinski definition) is 3. The molecule has 0 saturated carbocycles. The van der Waals surface area contributed by atoms with Crippen LogP contribution in [0.2, 0.25) is 0 Å². The molecule has 0 spiro atoms. The minimum absolute atomic E-state index is 0.0858. The number of anilines is 1. The highest BCUT2D eigenvalue weighted by molar-refractivity contribution is 5.90. The predicted molar refractivity (Wildman–Crippen MR) is 54.6 cm³/mol. The first-order valence-electron chi connectivity index (χ1n) is 4.25. The van der Waals surface area contributed by atoms with E-state index in [2.05, 4.69) is 10.3 Å². The molecule has 84 valence electrons. The number of hydrogen-bond acceptors (Lipinski definition) is 5. The van der Waals surface area contributed by atoms with Crippen molar-refractivity contribution in [2.45, 2.75) is 0 Å². The largest absolute Gasteiger partial charge is 0.508 e. The van der Waals surface area contributed by atoms with Gasteiger partial charge in [0.1, 0.15) is 5.75 Å². The van der Waals surface area contributed by atoms with Crippen LogP contribution in [0.4, 0.5) is 5.69 Å². The van der Waals surface area contributed by atoms with Crippen LogP contribution in [0.5, 0.6) is 5.75 Å². The molecule has 0 unspecified atom stereocenters. The van der Waals surface area contributed by atoms with Gasteiger partial charge in [-0.3, -0.25) is 0 Å². The lowest BCUT2D eigenvalue weighted by Gasteiger charge is -2.04. The highest BCUT2D eigenvalue weighted by Crippen LogP contribution is 2.13. The molecule has 0 aromatic heterocycles. The van der Waals surface area contributed by atoms with Crippen molar-refractivity contribution in [2.75, 3.05) is 5.48 Å². The summed E-state index contributed by atoms with van der Waals surface area (Å²) in [6, 6.07) is 5.79. The highest BCUT2D eigenvalue weighted by Gasteiger charge is 1.99. The average molecular weight is 223 g/mol. The minimum atomic E-state index is -1.23. The van der Waals surface area contributed by atoms with Gasteiger partial charge < -0.3 is 15.1 Å². The number of phenols is 1. The summed E-state index contributed by atoms with van der Waals surface area (Å²) < 4.78 is 0. The maximum Gasteiger partial charge on any atom is 0.355 e. The summed E-state index contributed by atoms with van der Waals surface area (Å²) in [6.07, 6.45) is 1.44. The molecule has 0 radical (unpaired) electrons. The van der Waals surface area contributed by atoms with Crippen LogP contribution < -0.4 is 5.48 Å². The van der Waals surface area contributed by atoms with E-state index < -0.39 is 11.9 Å². The SMILES string of the molecule is O=C(O)/C=C\C(=O)ONc1ccc(O)cc1. The van der Waals surface area contributed by atoms with Crippen molar-refractivity contribution in [3.63, 3.8) is 0 Å². The van der Waals surface area contributed by atoms with Crippen molar-refractivity contribution in [1.29, 1.82) is 0 Å². The Kier molecular flexibility index (Phi) is 3.90. The van der Waals surface area contributed by atoms with Gasteiger partial charge in [0.15, 0.2) is 0 Å². The number of carbonyl (C=O) groups is 2. The van der Waals surface area contributed by atoms with Crippen LogP contribution in [-0.2, 0) is 14.4 Å². The number of aliphatic carboxylic acids is 1. The van der Waals surface area contributed by atoms with Crippen LogP contribution in [0.25, 0.3) is 0 Å². The topological polar surface area (TPSA) is 95.9 Å². The van der Waals surface area contributed by atoms with Gasteiger partial charge in [-0.25, -0.2) is 15.1 Å². The quantitative estimate of drug-likeness (QED) is 0.398. The summed E-state index contributed by atoms with van der Waals surface area (Å²) in [4.78, 5) is 25.5. The number of carbonyl (C=O) groups excluding carboxylic acids is 1. The van der Waals surface area contributed by atoms with Gasteiger partial charge in [-0.15, -0.1) is 0 Å². The molecule has 6 nitrogen and oxygen atoms in total. The molecule has 0 aliphatic rings. The van der Waals surface area contributed by atoms with Crippen molar-refractivity contribution in [3.05, 3.63) is 36.4 Å². The van der Waals surface area contributed by atoms with Crippen molar-refractivity contribution >= 4 is 17.6 Å². The lowest BCUT2D eigenvalue weighted by atomic mass is 10.3. The lowest BCUT2D eigenvalue weighted by Crippen LogP contribution is -2.08. The van der Waals surface area contributed by atoms with Gasteiger partial charge in [-0.2, -0.15) is 0 Å². The second-order valence-corrected chi connectivity index (χ2v) is 2.74. The first-order chi connectivity index (χ1) is 7.58. The van der Waals surface area contributed by atoms with E-state index in [0.717, 1.165) is 6.08 Å². The standard InChI is InChI=1S/C10H9NO5/c12-8-3-1-7(2-4-8)11-16-10(15)6-5-9(13)14/h1-6,11-12H,(H,13,14)/b6-5-. The monoisotopic (exact) mass is 223 g/mol. The normalized spacial score (nSPS) is 10.0. The van der Waals surface area contributed by atoms with E-state index in [1.807, 2.05) is 0 Å². The molecule has 0 saturated heterocycles. The zero-order valence-corrected chi connectivity index (χ0v) is 8.08. The Bertz CT molecular complexity index is 410. The fourth-order valence-corrected chi connectivity index (χ4v) is 0.812. The number of rotatable bonds is 4. The molecule has 16 heavy (non-hydrogen) atoms. The Morgan fingerprint density at radius 1 is 1.19 bits per heavy atom. The Balaban J connectivity index is 2.43. The van der Waals surface area contributed by atoms with Crippen LogP contribution in [0.15, 0.2) is 36.4 Å². The van der Waals surface area contributed by atoms with Crippen molar-refractivity contribution in [1.82, 2.24) is 0 Å². The van der Waals surface area contributed by atoms with Gasteiger partial charge in [-0.05, 0) is 24.3 Å². The number of carboxylic acid groups (broad SMARTS) is 1. The van der Waals surface area contributed by atoms with Gasteiger partial charge in [-0.1, -0.05) is 0 Å². The van der Waals surface area contributed by atoms with E-state index in [4.69, 9.17) is 10.2 Å². The van der Waals surface area contributed by atoms with Crippen molar-refractivity contribution < 1.29 is 24.6 Å². The fraction of sp³-hybridized carbons (Fsp3) is 0. The molecule has 0 atom stereocenters. The Morgan fingerprint density at radius 3 is 2.38 bits per heavy atom. The molecular weight excluding hydrogens is 214 g/mol. The second kappa shape index (κ2) is 5.40. The third kappa shape index (κ3) is 4.14. The van der Waals surface area contributed by atoms with Gasteiger partial charge in [0.25, 0.3) is 0 Å². The number of benzene rings is 1. The zero-order chi connectivity index (χ0) is 12.0. The molecule has 0 fully saturated rings. The van der Waals surface area contributed by atoms with E-state index in [0.29, 0.717) is 11.8 Å². The van der Waals surface area contributed by atoms with E-state index in [9.17, 15) is 9.59 Å². The minimum Gasteiger partial charge on any atom is -0.508 e. The van der Waals surface area contributed by atoms with E-state index in [1.54, 1.807) is 0 Å². The van der Waals surface area contributed by atoms with Gasteiger partial charge >= 0.3 is 11.9 Å². The van der Waals surface area contributed by atoms with Gasteiger partial charge in [0.2, 0.25) is 0 Å². The summed E-state index contributed by atoms with van der Waals surface area (Å²) in [5, 5.41) is 17.2. The van der Waals surface area contributed by atoms with E-state index >= 15 is 0 Å². The molecule has 1 aromatic rings. The lowest BCUT2D eigenvalue weighted by molar-refractivity contribution is -0.136. The Labute approximate surface area is 90.7 Å². The molecule has 3 N–H and O–H groups in total. The van der Waals surface area contributed by atoms with Crippen LogP contribution in [0.3, 0.4) is 0 Å². The molecule has 6 heteroatoms. The maximum absolute atomic E-state index is 10.9. The molecule has 1 rings (SSSR count). The average Bonchev–Trinajstić information content (AvgIpc) is 2.25. The van der Waals surface area contributed by atoms with Crippen molar-refractivity contribution in [2.24, 2.45) is 0 Å². The molecule has 0 amide bonds. The molecule has 1 aromatic carbocycles. The zero-order valence-electron chi connectivity index (χ0n) is 8.08. The van der Waals surface area contributed by atoms with Gasteiger partial charge in [0, 0.05) is 12.2 Å². The Morgan fingerprint density at radius 2 is 1.81 bits per heavy atom. The third-order valence-electron chi connectivity index (χ3n) is 1.50. The maximum atomic E-state index is 10.9. The van der Waals surface area contributed by atoms with Crippen LogP contribution in [-0.4, -0.2) is 22.2 Å². The molecule has 0 bridgehead atoms. The highest BCUT2D eigenvalue weighted by atomic mass is 16.7. The van der Waals surface area contributed by atoms with E-state index in [1.165, 1.54) is 24.3 Å². The van der Waals surface area contributed by atoms with Crippen LogP contribution in [0.1, 0.15) is 0 Å². The number of aromatic hydroxyl groups is 1. The smallest absolute Gasteiger partial charge is 0.355 e. The summed E-state index contributed by atoms with van der Waals surface area (Å²) in [5.41, 5.74) is 2.74.